The summed E-state index contributed by atoms with van der Waals surface area (Å²) in [4.78, 5) is 12.7. The molecule has 0 spiro atoms. The number of hydrogen-bond acceptors (Lipinski definition) is 3. The zero-order valence-electron chi connectivity index (χ0n) is 15.4. The minimum Gasteiger partial charge on any atom is -0.463 e. The van der Waals surface area contributed by atoms with Crippen molar-refractivity contribution < 1.29 is 14.6 Å². The Kier molecular flexibility index (Phi) is 6.82. The Morgan fingerprint density at radius 2 is 1.74 bits per heavy atom. The fourth-order valence-electron chi connectivity index (χ4n) is 3.80. The Hall–Kier alpha value is -1.35. The van der Waals surface area contributed by atoms with E-state index in [-0.39, 0.29) is 30.5 Å². The van der Waals surface area contributed by atoms with E-state index in [9.17, 15) is 4.79 Å². The van der Waals surface area contributed by atoms with Crippen LogP contribution in [0.5, 0.6) is 0 Å². The van der Waals surface area contributed by atoms with Gasteiger partial charge in [0.2, 0.25) is 0 Å². The van der Waals surface area contributed by atoms with Crippen LogP contribution in [0, 0.1) is 16.7 Å². The molecular weight excluding hydrogens is 288 g/mol. The van der Waals surface area contributed by atoms with Crippen LogP contribution in [0.1, 0.15) is 59.4 Å². The molecule has 0 saturated carbocycles. The summed E-state index contributed by atoms with van der Waals surface area (Å²) in [5, 5.41) is 8.95. The van der Waals surface area contributed by atoms with E-state index in [1.807, 2.05) is 32.0 Å². The number of carbonyl (C=O) groups is 1. The SMILES string of the molecule is CCC(C)(C(=O)OCCO)C(C)(C)C(c1ccccc1)C(C)C. The normalized spacial score (nSPS) is 16.0. The first-order valence-corrected chi connectivity index (χ1v) is 8.55. The Bertz CT molecular complexity index is 493. The van der Waals surface area contributed by atoms with Crippen LogP contribution in [-0.2, 0) is 9.53 Å². The maximum absolute atomic E-state index is 12.7. The van der Waals surface area contributed by atoms with Gasteiger partial charge < -0.3 is 9.84 Å². The predicted molar refractivity (Wildman–Crippen MR) is 94.2 cm³/mol. The third-order valence-corrected chi connectivity index (χ3v) is 5.51. The second kappa shape index (κ2) is 7.96. The molecule has 0 amide bonds. The summed E-state index contributed by atoms with van der Waals surface area (Å²) in [6.07, 6.45) is 0.695. The second-order valence-corrected chi connectivity index (χ2v) is 7.40. The van der Waals surface area contributed by atoms with Crippen LogP contribution < -0.4 is 0 Å². The Morgan fingerprint density at radius 1 is 1.17 bits per heavy atom. The molecule has 0 aliphatic rings. The van der Waals surface area contributed by atoms with Gasteiger partial charge in [-0.3, -0.25) is 4.79 Å². The topological polar surface area (TPSA) is 46.5 Å². The summed E-state index contributed by atoms with van der Waals surface area (Å²) in [5.41, 5.74) is 0.346. The van der Waals surface area contributed by atoms with E-state index in [1.165, 1.54) is 5.56 Å². The Labute approximate surface area is 141 Å². The molecule has 0 aromatic heterocycles. The van der Waals surface area contributed by atoms with Crippen molar-refractivity contribution in [2.75, 3.05) is 13.2 Å². The van der Waals surface area contributed by atoms with Gasteiger partial charge >= 0.3 is 5.97 Å². The first-order valence-electron chi connectivity index (χ1n) is 8.55. The number of ether oxygens (including phenoxy) is 1. The molecule has 0 aliphatic carbocycles. The van der Waals surface area contributed by atoms with E-state index in [1.54, 1.807) is 0 Å². The number of esters is 1. The van der Waals surface area contributed by atoms with Crippen molar-refractivity contribution in [3.63, 3.8) is 0 Å². The van der Waals surface area contributed by atoms with Gasteiger partial charge in [0, 0.05) is 0 Å². The molecule has 1 aromatic rings. The summed E-state index contributed by atoms with van der Waals surface area (Å²) in [5.74, 6) is 0.403. The monoisotopic (exact) mass is 320 g/mol. The van der Waals surface area contributed by atoms with E-state index in [0.29, 0.717) is 12.3 Å². The number of benzene rings is 1. The molecule has 3 nitrogen and oxygen atoms in total. The number of aliphatic hydroxyl groups excluding tert-OH is 1. The first-order chi connectivity index (χ1) is 10.7. The molecule has 3 heteroatoms. The minimum atomic E-state index is -0.618. The minimum absolute atomic E-state index is 0.0577. The second-order valence-electron chi connectivity index (χ2n) is 7.40. The van der Waals surface area contributed by atoms with Gasteiger partial charge in [-0.15, -0.1) is 0 Å². The largest absolute Gasteiger partial charge is 0.463 e. The summed E-state index contributed by atoms with van der Waals surface area (Å²) < 4.78 is 5.31. The Morgan fingerprint density at radius 3 is 2.17 bits per heavy atom. The van der Waals surface area contributed by atoms with Crippen LogP contribution in [0.2, 0.25) is 0 Å². The predicted octanol–water partition coefficient (Wildman–Crippen LogP) is 4.40. The maximum atomic E-state index is 12.7. The van der Waals surface area contributed by atoms with Gasteiger partial charge in [0.05, 0.1) is 12.0 Å². The molecule has 1 rings (SSSR count). The highest BCUT2D eigenvalue weighted by Crippen LogP contribution is 2.54. The van der Waals surface area contributed by atoms with Crippen molar-refractivity contribution in [2.45, 2.75) is 53.9 Å². The van der Waals surface area contributed by atoms with Crippen LogP contribution in [0.25, 0.3) is 0 Å². The summed E-state index contributed by atoms with van der Waals surface area (Å²) in [7, 11) is 0. The smallest absolute Gasteiger partial charge is 0.312 e. The molecule has 23 heavy (non-hydrogen) atoms. The molecule has 0 saturated heterocycles. The molecule has 2 atom stereocenters. The number of rotatable bonds is 8. The standard InChI is InChI=1S/C20H32O3/c1-7-20(6,18(22)23-14-13-21)19(4,5)17(15(2)3)16-11-9-8-10-12-16/h8-12,15,17,21H,7,13-14H2,1-6H3. The van der Waals surface area contributed by atoms with Crippen LogP contribution in [0.15, 0.2) is 30.3 Å². The molecule has 0 radical (unpaired) electrons. The first kappa shape index (κ1) is 19.7. The van der Waals surface area contributed by atoms with Crippen LogP contribution in [0.4, 0.5) is 0 Å². The number of aliphatic hydroxyl groups is 1. The number of carbonyl (C=O) groups excluding carboxylic acids is 1. The van der Waals surface area contributed by atoms with E-state index in [0.717, 1.165) is 0 Å². The fraction of sp³-hybridized carbons (Fsp3) is 0.650. The third-order valence-electron chi connectivity index (χ3n) is 5.51. The summed E-state index contributed by atoms with van der Waals surface area (Å²) in [6, 6.07) is 10.4. The lowest BCUT2D eigenvalue weighted by Gasteiger charge is -2.48. The van der Waals surface area contributed by atoms with E-state index in [4.69, 9.17) is 9.84 Å². The lowest BCUT2D eigenvalue weighted by molar-refractivity contribution is -0.166. The van der Waals surface area contributed by atoms with Gasteiger partial charge in [-0.05, 0) is 36.2 Å². The zero-order valence-corrected chi connectivity index (χ0v) is 15.4. The Balaban J connectivity index is 3.28. The molecule has 0 aliphatic heterocycles. The molecule has 2 unspecified atom stereocenters. The average Bonchev–Trinajstić information content (AvgIpc) is 2.51. The molecule has 0 bridgehead atoms. The van der Waals surface area contributed by atoms with Crippen molar-refractivity contribution >= 4 is 5.97 Å². The highest BCUT2D eigenvalue weighted by Gasteiger charge is 2.52. The van der Waals surface area contributed by atoms with Gasteiger partial charge in [0.25, 0.3) is 0 Å². The van der Waals surface area contributed by atoms with Crippen LogP contribution in [0.3, 0.4) is 0 Å². The lowest BCUT2D eigenvalue weighted by atomic mass is 9.55. The van der Waals surface area contributed by atoms with Crippen molar-refractivity contribution in [1.29, 1.82) is 0 Å². The van der Waals surface area contributed by atoms with Crippen molar-refractivity contribution in [2.24, 2.45) is 16.7 Å². The van der Waals surface area contributed by atoms with Gasteiger partial charge in [-0.1, -0.05) is 65.0 Å². The molecular formula is C20H32O3. The van der Waals surface area contributed by atoms with Gasteiger partial charge in [-0.25, -0.2) is 0 Å². The lowest BCUT2D eigenvalue weighted by Crippen LogP contribution is -2.47. The number of hydrogen-bond donors (Lipinski definition) is 1. The molecule has 1 aromatic carbocycles. The van der Waals surface area contributed by atoms with Crippen molar-refractivity contribution in [3.8, 4) is 0 Å². The highest BCUT2D eigenvalue weighted by atomic mass is 16.5. The van der Waals surface area contributed by atoms with Gasteiger partial charge in [0.1, 0.15) is 6.61 Å². The summed E-state index contributed by atoms with van der Waals surface area (Å²) >= 11 is 0. The molecule has 0 heterocycles. The summed E-state index contributed by atoms with van der Waals surface area (Å²) in [6.45, 7) is 12.7. The molecule has 1 N–H and O–H groups in total. The van der Waals surface area contributed by atoms with Gasteiger partial charge in [0.15, 0.2) is 0 Å². The molecule has 0 fully saturated rings. The average molecular weight is 320 g/mol. The van der Waals surface area contributed by atoms with Gasteiger partial charge in [-0.2, -0.15) is 0 Å². The van der Waals surface area contributed by atoms with E-state index >= 15 is 0 Å². The van der Waals surface area contributed by atoms with Crippen molar-refractivity contribution in [1.82, 2.24) is 0 Å². The zero-order chi connectivity index (χ0) is 17.7. The van der Waals surface area contributed by atoms with E-state index in [2.05, 4.69) is 39.8 Å². The van der Waals surface area contributed by atoms with Crippen molar-refractivity contribution in [3.05, 3.63) is 35.9 Å². The van der Waals surface area contributed by atoms with Crippen LogP contribution >= 0.6 is 0 Å². The highest BCUT2D eigenvalue weighted by molar-refractivity contribution is 5.77. The third kappa shape index (κ3) is 3.95. The molecule has 130 valence electrons. The van der Waals surface area contributed by atoms with Crippen LogP contribution in [-0.4, -0.2) is 24.3 Å². The quantitative estimate of drug-likeness (QED) is 0.722. The fourth-order valence-corrected chi connectivity index (χ4v) is 3.80. The van der Waals surface area contributed by atoms with E-state index < -0.39 is 5.41 Å². The maximum Gasteiger partial charge on any atom is 0.312 e.